The first-order chi connectivity index (χ1) is 17.5. The van der Waals surface area contributed by atoms with E-state index in [2.05, 4.69) is 9.97 Å². The summed E-state index contributed by atoms with van der Waals surface area (Å²) < 4.78 is 64.8. The van der Waals surface area contributed by atoms with E-state index in [4.69, 9.17) is 21.1 Å². The second kappa shape index (κ2) is 9.98. The van der Waals surface area contributed by atoms with Crippen molar-refractivity contribution in [1.29, 1.82) is 0 Å². The van der Waals surface area contributed by atoms with Gasteiger partial charge in [-0.15, -0.1) is 0 Å². The lowest BCUT2D eigenvalue weighted by Gasteiger charge is -2.38. The highest BCUT2D eigenvalue weighted by molar-refractivity contribution is 7.92. The van der Waals surface area contributed by atoms with Gasteiger partial charge in [0.25, 0.3) is 0 Å². The number of hydrogen-bond acceptors (Lipinski definition) is 8. The molecule has 3 aliphatic rings. The topological polar surface area (TPSA) is 116 Å². The average Bonchev–Trinajstić information content (AvgIpc) is 3.62. The van der Waals surface area contributed by atoms with Crippen LogP contribution in [0.3, 0.4) is 0 Å². The molecular weight excluding hydrogens is 538 g/mol. The van der Waals surface area contributed by atoms with E-state index in [-0.39, 0.29) is 56.7 Å². The quantitative estimate of drug-likeness (QED) is 0.432. The molecule has 5 rings (SSSR count). The predicted molar refractivity (Wildman–Crippen MR) is 139 cm³/mol. The molecule has 202 valence electrons. The summed E-state index contributed by atoms with van der Waals surface area (Å²) in [6.45, 7) is 5.62. The number of piperidine rings is 1. The lowest BCUT2D eigenvalue weighted by atomic mass is 10.0. The Kier molecular flexibility index (Phi) is 7.19. The van der Waals surface area contributed by atoms with Gasteiger partial charge < -0.3 is 9.47 Å². The van der Waals surface area contributed by atoms with E-state index in [1.807, 2.05) is 13.8 Å². The number of aromatic nitrogens is 2. The van der Waals surface area contributed by atoms with Crippen LogP contribution in [0.2, 0.25) is 5.02 Å². The maximum atomic E-state index is 12.9. The third-order valence-corrected chi connectivity index (χ3v) is 12.0. The number of sulfone groups is 1. The van der Waals surface area contributed by atoms with Crippen LogP contribution in [0.15, 0.2) is 29.4 Å². The molecule has 1 aromatic heterocycles. The smallest absolute Gasteiger partial charge is 0.229 e. The van der Waals surface area contributed by atoms with Gasteiger partial charge in [-0.05, 0) is 56.7 Å². The van der Waals surface area contributed by atoms with Gasteiger partial charge >= 0.3 is 0 Å². The number of fused-ring (bicyclic) bond motifs is 2. The van der Waals surface area contributed by atoms with Crippen molar-refractivity contribution in [1.82, 2.24) is 14.3 Å². The highest BCUT2D eigenvalue weighted by Gasteiger charge is 2.47. The van der Waals surface area contributed by atoms with E-state index in [1.165, 1.54) is 24.5 Å². The molecule has 2 aromatic rings. The first-order valence-electron chi connectivity index (χ1n) is 12.7. The number of rotatable bonds is 9. The number of ether oxygens (including phenoxy) is 2. The summed E-state index contributed by atoms with van der Waals surface area (Å²) >= 11 is 6.36. The summed E-state index contributed by atoms with van der Waals surface area (Å²) in [5.74, 6) is 1.15. The molecule has 0 amide bonds. The fraction of sp³-hybridized carbons (Fsp3) is 0.600. The Labute approximate surface area is 223 Å². The summed E-state index contributed by atoms with van der Waals surface area (Å²) in [7, 11) is -6.66. The first kappa shape index (κ1) is 26.6. The summed E-state index contributed by atoms with van der Waals surface area (Å²) in [6, 6.07) is 4.32. The second-order valence-electron chi connectivity index (χ2n) is 10.6. The van der Waals surface area contributed by atoms with Crippen LogP contribution in [-0.4, -0.2) is 60.3 Å². The molecule has 1 aliphatic carbocycles. The Morgan fingerprint density at radius 2 is 1.68 bits per heavy atom. The molecule has 3 atom stereocenters. The van der Waals surface area contributed by atoms with Crippen LogP contribution in [0, 0.1) is 12.8 Å². The predicted octanol–water partition coefficient (Wildman–Crippen LogP) is 4.53. The molecule has 1 aromatic carbocycles. The average molecular weight is 570 g/mol. The maximum absolute atomic E-state index is 12.9. The zero-order valence-corrected chi connectivity index (χ0v) is 23.5. The maximum Gasteiger partial charge on any atom is 0.229 e. The fourth-order valence-electron chi connectivity index (χ4n) is 5.36. The van der Waals surface area contributed by atoms with Crippen molar-refractivity contribution in [2.75, 3.05) is 5.75 Å². The SMILES string of the molecule is Cc1c(Oc2ccc(S(=O)(=O)C3CC3)cc2Cl)ncnc1O[C@H]1CC2CC[C@@H](C1)N2S(=O)(=O)CC(C)C. The van der Waals surface area contributed by atoms with E-state index >= 15 is 0 Å². The van der Waals surface area contributed by atoms with Crippen LogP contribution in [0.4, 0.5) is 0 Å². The summed E-state index contributed by atoms with van der Waals surface area (Å²) in [4.78, 5) is 8.69. The second-order valence-corrected chi connectivity index (χ2v) is 15.2. The molecule has 9 nitrogen and oxygen atoms in total. The van der Waals surface area contributed by atoms with Gasteiger partial charge in [-0.25, -0.2) is 26.8 Å². The Morgan fingerprint density at radius 3 is 2.27 bits per heavy atom. The molecule has 0 N–H and O–H groups in total. The van der Waals surface area contributed by atoms with E-state index in [0.29, 0.717) is 37.1 Å². The monoisotopic (exact) mass is 569 g/mol. The third kappa shape index (κ3) is 5.46. The van der Waals surface area contributed by atoms with Gasteiger partial charge in [-0.2, -0.15) is 4.31 Å². The van der Waals surface area contributed by atoms with Crippen molar-refractivity contribution < 1.29 is 26.3 Å². The van der Waals surface area contributed by atoms with Gasteiger partial charge in [0, 0.05) is 24.9 Å². The number of halogens is 1. The summed E-state index contributed by atoms with van der Waals surface area (Å²) in [5.41, 5.74) is 0.579. The summed E-state index contributed by atoms with van der Waals surface area (Å²) in [6.07, 6.45) is 5.42. The van der Waals surface area contributed by atoms with Crippen LogP contribution in [0.25, 0.3) is 0 Å². The zero-order chi connectivity index (χ0) is 26.5. The van der Waals surface area contributed by atoms with E-state index < -0.39 is 19.9 Å². The van der Waals surface area contributed by atoms with Crippen LogP contribution < -0.4 is 9.47 Å². The van der Waals surface area contributed by atoms with Crippen molar-refractivity contribution in [2.24, 2.45) is 5.92 Å². The number of nitrogens with zero attached hydrogens (tertiary/aromatic N) is 3. The first-order valence-corrected chi connectivity index (χ1v) is 16.2. The minimum Gasteiger partial charge on any atom is -0.474 e. The number of benzene rings is 1. The van der Waals surface area contributed by atoms with Crippen molar-refractivity contribution in [3.8, 4) is 17.5 Å². The van der Waals surface area contributed by atoms with Gasteiger partial charge in [0.05, 0.1) is 26.5 Å². The molecule has 12 heteroatoms. The molecule has 0 spiro atoms. The molecule has 1 saturated carbocycles. The molecule has 3 fully saturated rings. The molecule has 2 bridgehead atoms. The number of hydrogen-bond donors (Lipinski definition) is 0. The fourth-order valence-corrected chi connectivity index (χ4v) is 9.63. The third-order valence-electron chi connectivity index (χ3n) is 7.16. The molecule has 2 aliphatic heterocycles. The highest BCUT2D eigenvalue weighted by Crippen LogP contribution is 2.41. The van der Waals surface area contributed by atoms with Crippen molar-refractivity contribution in [3.63, 3.8) is 0 Å². The van der Waals surface area contributed by atoms with Gasteiger partial charge in [0.15, 0.2) is 9.84 Å². The van der Waals surface area contributed by atoms with Gasteiger partial charge in [0.2, 0.25) is 21.8 Å². The minimum absolute atomic E-state index is 0.0606. The molecule has 1 unspecified atom stereocenters. The molecular formula is C25H32ClN3O6S2. The van der Waals surface area contributed by atoms with Crippen LogP contribution in [-0.2, 0) is 19.9 Å². The normalized spacial score (nSPS) is 24.4. The Bertz CT molecular complexity index is 1380. The molecule has 3 heterocycles. The Morgan fingerprint density at radius 1 is 1.03 bits per heavy atom. The van der Waals surface area contributed by atoms with E-state index in [1.54, 1.807) is 11.2 Å². The zero-order valence-electron chi connectivity index (χ0n) is 21.1. The largest absolute Gasteiger partial charge is 0.474 e. The van der Waals surface area contributed by atoms with Crippen molar-refractivity contribution in [2.45, 2.75) is 87.6 Å². The molecule has 37 heavy (non-hydrogen) atoms. The Hall–Kier alpha value is -1.95. The van der Waals surface area contributed by atoms with Gasteiger partial charge in [-0.3, -0.25) is 0 Å². The van der Waals surface area contributed by atoms with Crippen LogP contribution in [0.5, 0.6) is 17.5 Å². The molecule has 0 radical (unpaired) electrons. The highest BCUT2D eigenvalue weighted by atomic mass is 35.5. The van der Waals surface area contributed by atoms with Gasteiger partial charge in [0.1, 0.15) is 18.2 Å². The lowest BCUT2D eigenvalue weighted by Crippen LogP contribution is -2.50. The van der Waals surface area contributed by atoms with Crippen molar-refractivity contribution in [3.05, 3.63) is 35.1 Å². The van der Waals surface area contributed by atoms with E-state index in [0.717, 1.165) is 12.8 Å². The standard InChI is InChI=1S/C25H32ClN3O6S2/c1-15(2)13-36(30,31)29-17-4-5-18(29)11-19(10-17)34-24-16(3)25(28-14-27-24)35-23-9-8-21(12-22(23)26)37(32,33)20-6-7-20/h8-9,12,14-15,17-20H,4-7,10-11,13H2,1-3H3/t17-,18?,19+/m0/s1. The van der Waals surface area contributed by atoms with Crippen LogP contribution >= 0.6 is 11.6 Å². The van der Waals surface area contributed by atoms with Crippen LogP contribution in [0.1, 0.15) is 57.9 Å². The minimum atomic E-state index is -3.36. The number of sulfonamides is 1. The summed E-state index contributed by atoms with van der Waals surface area (Å²) in [5, 5.41) is -0.148. The lowest BCUT2D eigenvalue weighted by molar-refractivity contribution is 0.0906. The van der Waals surface area contributed by atoms with E-state index in [9.17, 15) is 16.8 Å². The Balaban J connectivity index is 1.29. The van der Waals surface area contributed by atoms with Crippen molar-refractivity contribution >= 4 is 31.5 Å². The van der Waals surface area contributed by atoms with Gasteiger partial charge in [-0.1, -0.05) is 25.4 Å². The molecule has 2 saturated heterocycles.